The first-order valence-corrected chi connectivity index (χ1v) is 6.86. The molecule has 98 valence electrons. The van der Waals surface area contributed by atoms with Gasteiger partial charge in [-0.1, -0.05) is 23.7 Å². The minimum atomic E-state index is -0.113. The lowest BCUT2D eigenvalue weighted by Gasteiger charge is -2.09. The van der Waals surface area contributed by atoms with Gasteiger partial charge < -0.3 is 10.6 Å². The Hall–Kier alpha value is -1.52. The zero-order valence-electron chi connectivity index (χ0n) is 9.99. The SMILES string of the molecule is O=C(CNc1ccccc1Br)Nc1ccc(Cl)cc1. The summed E-state index contributed by atoms with van der Waals surface area (Å²) in [6.07, 6.45) is 0. The van der Waals surface area contributed by atoms with Crippen LogP contribution in [0.25, 0.3) is 0 Å². The Bertz CT molecular complexity index is 572. The number of carbonyl (C=O) groups is 1. The molecule has 0 fully saturated rings. The van der Waals surface area contributed by atoms with Crippen LogP contribution in [0.4, 0.5) is 11.4 Å². The molecule has 0 saturated carbocycles. The lowest BCUT2D eigenvalue weighted by molar-refractivity contribution is -0.114. The van der Waals surface area contributed by atoms with Gasteiger partial charge >= 0.3 is 0 Å². The summed E-state index contributed by atoms with van der Waals surface area (Å²) in [4.78, 5) is 11.8. The molecule has 1 amide bonds. The number of hydrogen-bond acceptors (Lipinski definition) is 2. The third kappa shape index (κ3) is 4.26. The van der Waals surface area contributed by atoms with E-state index in [1.54, 1.807) is 24.3 Å². The van der Waals surface area contributed by atoms with Crippen LogP contribution in [0.3, 0.4) is 0 Å². The monoisotopic (exact) mass is 338 g/mol. The van der Waals surface area contributed by atoms with Crippen LogP contribution in [0, 0.1) is 0 Å². The summed E-state index contributed by atoms with van der Waals surface area (Å²) < 4.78 is 0.925. The fraction of sp³-hybridized carbons (Fsp3) is 0.0714. The number of rotatable bonds is 4. The van der Waals surface area contributed by atoms with E-state index in [9.17, 15) is 4.79 Å². The van der Waals surface area contributed by atoms with Crippen molar-refractivity contribution < 1.29 is 4.79 Å². The minimum Gasteiger partial charge on any atom is -0.375 e. The van der Waals surface area contributed by atoms with Gasteiger partial charge in [0.05, 0.1) is 6.54 Å². The summed E-state index contributed by atoms with van der Waals surface area (Å²) in [5.74, 6) is -0.113. The van der Waals surface area contributed by atoms with E-state index in [1.807, 2.05) is 24.3 Å². The van der Waals surface area contributed by atoms with Crippen LogP contribution < -0.4 is 10.6 Å². The van der Waals surface area contributed by atoms with Crippen LogP contribution in [0.2, 0.25) is 5.02 Å². The highest BCUT2D eigenvalue weighted by molar-refractivity contribution is 9.10. The topological polar surface area (TPSA) is 41.1 Å². The van der Waals surface area contributed by atoms with Gasteiger partial charge in [0, 0.05) is 20.9 Å². The van der Waals surface area contributed by atoms with Crippen LogP contribution >= 0.6 is 27.5 Å². The molecule has 5 heteroatoms. The molecule has 0 saturated heterocycles. The molecule has 0 aromatic heterocycles. The van der Waals surface area contributed by atoms with Crippen molar-refractivity contribution in [2.45, 2.75) is 0 Å². The van der Waals surface area contributed by atoms with Gasteiger partial charge in [0.25, 0.3) is 0 Å². The number of nitrogens with one attached hydrogen (secondary N) is 2. The third-order valence-electron chi connectivity index (χ3n) is 2.44. The molecule has 0 bridgehead atoms. The Morgan fingerprint density at radius 3 is 2.47 bits per heavy atom. The average Bonchev–Trinajstić information content (AvgIpc) is 2.40. The normalized spacial score (nSPS) is 10.0. The molecule has 0 spiro atoms. The second-order valence-electron chi connectivity index (χ2n) is 3.89. The standard InChI is InChI=1S/C14H12BrClN2O/c15-12-3-1-2-4-13(12)17-9-14(19)18-11-7-5-10(16)6-8-11/h1-8,17H,9H2,(H,18,19). The number of benzene rings is 2. The van der Waals surface area contributed by atoms with Crippen molar-refractivity contribution in [2.24, 2.45) is 0 Å². The van der Waals surface area contributed by atoms with Crippen molar-refractivity contribution in [1.82, 2.24) is 0 Å². The first kappa shape index (κ1) is 13.9. The lowest BCUT2D eigenvalue weighted by atomic mass is 10.3. The fourth-order valence-electron chi connectivity index (χ4n) is 1.52. The largest absolute Gasteiger partial charge is 0.375 e. The smallest absolute Gasteiger partial charge is 0.243 e. The zero-order chi connectivity index (χ0) is 13.7. The zero-order valence-corrected chi connectivity index (χ0v) is 12.3. The van der Waals surface area contributed by atoms with Crippen LogP contribution in [-0.2, 0) is 4.79 Å². The number of carbonyl (C=O) groups excluding carboxylic acids is 1. The Balaban J connectivity index is 1.88. The highest BCUT2D eigenvalue weighted by atomic mass is 79.9. The first-order valence-electron chi connectivity index (χ1n) is 5.69. The second-order valence-corrected chi connectivity index (χ2v) is 5.18. The molecular weight excluding hydrogens is 328 g/mol. The molecule has 0 aliphatic carbocycles. The van der Waals surface area contributed by atoms with E-state index in [0.29, 0.717) is 5.02 Å². The van der Waals surface area contributed by atoms with Crippen LogP contribution in [0.1, 0.15) is 0 Å². The highest BCUT2D eigenvalue weighted by Gasteiger charge is 2.03. The first-order chi connectivity index (χ1) is 9.15. The van der Waals surface area contributed by atoms with Crippen molar-refractivity contribution in [1.29, 1.82) is 0 Å². The summed E-state index contributed by atoms with van der Waals surface area (Å²) in [6.45, 7) is 0.200. The molecule has 0 aliphatic heterocycles. The van der Waals surface area contributed by atoms with E-state index < -0.39 is 0 Å². The van der Waals surface area contributed by atoms with Gasteiger partial charge in [0.2, 0.25) is 5.91 Å². The minimum absolute atomic E-state index is 0.113. The summed E-state index contributed by atoms with van der Waals surface area (Å²) in [7, 11) is 0. The van der Waals surface area contributed by atoms with Crippen LogP contribution in [-0.4, -0.2) is 12.5 Å². The Morgan fingerprint density at radius 2 is 1.79 bits per heavy atom. The molecule has 2 aromatic carbocycles. The van der Waals surface area contributed by atoms with E-state index in [-0.39, 0.29) is 12.5 Å². The van der Waals surface area contributed by atoms with E-state index in [0.717, 1.165) is 15.8 Å². The average molecular weight is 340 g/mol. The number of anilines is 2. The number of para-hydroxylation sites is 1. The Kier molecular flexibility index (Phi) is 4.82. The molecule has 2 N–H and O–H groups in total. The van der Waals surface area contributed by atoms with Gasteiger partial charge in [-0.3, -0.25) is 4.79 Å². The molecule has 2 aromatic rings. The molecule has 3 nitrogen and oxygen atoms in total. The van der Waals surface area contributed by atoms with Gasteiger partial charge in [0.1, 0.15) is 0 Å². The Morgan fingerprint density at radius 1 is 1.11 bits per heavy atom. The van der Waals surface area contributed by atoms with E-state index >= 15 is 0 Å². The third-order valence-corrected chi connectivity index (χ3v) is 3.38. The van der Waals surface area contributed by atoms with Crippen molar-refractivity contribution >= 4 is 44.8 Å². The lowest BCUT2D eigenvalue weighted by Crippen LogP contribution is -2.21. The summed E-state index contributed by atoms with van der Waals surface area (Å²) >= 11 is 9.19. The molecular formula is C14H12BrClN2O. The van der Waals surface area contributed by atoms with Gasteiger partial charge in [-0.15, -0.1) is 0 Å². The van der Waals surface area contributed by atoms with Gasteiger partial charge in [0.15, 0.2) is 0 Å². The molecule has 19 heavy (non-hydrogen) atoms. The predicted molar refractivity (Wildman–Crippen MR) is 82.7 cm³/mol. The molecule has 0 atom stereocenters. The van der Waals surface area contributed by atoms with Crippen molar-refractivity contribution in [3.63, 3.8) is 0 Å². The van der Waals surface area contributed by atoms with Gasteiger partial charge in [-0.25, -0.2) is 0 Å². The molecule has 0 radical (unpaired) electrons. The molecule has 0 heterocycles. The van der Waals surface area contributed by atoms with Crippen LogP contribution in [0.5, 0.6) is 0 Å². The van der Waals surface area contributed by atoms with Crippen LogP contribution in [0.15, 0.2) is 53.0 Å². The highest BCUT2D eigenvalue weighted by Crippen LogP contribution is 2.20. The maximum Gasteiger partial charge on any atom is 0.243 e. The Labute approximate surface area is 125 Å². The van der Waals surface area contributed by atoms with Gasteiger partial charge in [-0.05, 0) is 52.3 Å². The molecule has 0 aliphatic rings. The van der Waals surface area contributed by atoms with E-state index in [4.69, 9.17) is 11.6 Å². The predicted octanol–water partition coefficient (Wildman–Crippen LogP) is 4.15. The number of amides is 1. The van der Waals surface area contributed by atoms with Gasteiger partial charge in [-0.2, -0.15) is 0 Å². The van der Waals surface area contributed by atoms with E-state index in [1.165, 1.54) is 0 Å². The van der Waals surface area contributed by atoms with Crippen molar-refractivity contribution in [3.05, 3.63) is 58.0 Å². The van der Waals surface area contributed by atoms with Crippen molar-refractivity contribution in [2.75, 3.05) is 17.2 Å². The molecule has 2 rings (SSSR count). The summed E-state index contributed by atoms with van der Waals surface area (Å²) in [5.41, 5.74) is 1.61. The summed E-state index contributed by atoms with van der Waals surface area (Å²) in [5, 5.41) is 6.49. The second kappa shape index (κ2) is 6.59. The number of hydrogen-bond donors (Lipinski definition) is 2. The number of halogens is 2. The van der Waals surface area contributed by atoms with Crippen molar-refractivity contribution in [3.8, 4) is 0 Å². The fourth-order valence-corrected chi connectivity index (χ4v) is 2.07. The quantitative estimate of drug-likeness (QED) is 0.878. The molecule has 0 unspecified atom stereocenters. The summed E-state index contributed by atoms with van der Waals surface area (Å²) in [6, 6.07) is 14.6. The maximum absolute atomic E-state index is 11.8. The van der Waals surface area contributed by atoms with E-state index in [2.05, 4.69) is 26.6 Å². The maximum atomic E-state index is 11.8.